The first-order valence-electron chi connectivity index (χ1n) is 5.14. The molecule has 0 amide bonds. The summed E-state index contributed by atoms with van der Waals surface area (Å²) in [5, 5.41) is 0. The van der Waals surface area contributed by atoms with Crippen LogP contribution in [0.1, 0.15) is 12.6 Å². The SMILES string of the molecule is CCn1c(C)ccc1-c1ccc(F)cc1. The first-order valence-corrected chi connectivity index (χ1v) is 5.14. The van der Waals surface area contributed by atoms with Crippen molar-refractivity contribution < 1.29 is 4.39 Å². The minimum absolute atomic E-state index is 0.190. The molecule has 1 nitrogen and oxygen atoms in total. The first-order chi connectivity index (χ1) is 7.22. The van der Waals surface area contributed by atoms with Crippen LogP contribution in [-0.2, 0) is 6.54 Å². The molecule has 2 aromatic rings. The summed E-state index contributed by atoms with van der Waals surface area (Å²) in [6.07, 6.45) is 0. The molecular formula is C13H14FN. The summed E-state index contributed by atoms with van der Waals surface area (Å²) in [6.45, 7) is 5.13. The molecule has 15 heavy (non-hydrogen) atoms. The van der Waals surface area contributed by atoms with Gasteiger partial charge in [-0.3, -0.25) is 0 Å². The van der Waals surface area contributed by atoms with E-state index in [9.17, 15) is 4.39 Å². The average Bonchev–Trinajstić information content (AvgIpc) is 2.61. The predicted molar refractivity (Wildman–Crippen MR) is 60.2 cm³/mol. The monoisotopic (exact) mass is 203 g/mol. The van der Waals surface area contributed by atoms with Gasteiger partial charge < -0.3 is 4.57 Å². The zero-order chi connectivity index (χ0) is 10.8. The molecular weight excluding hydrogens is 189 g/mol. The smallest absolute Gasteiger partial charge is 0.123 e. The van der Waals surface area contributed by atoms with Gasteiger partial charge in [0.15, 0.2) is 0 Å². The van der Waals surface area contributed by atoms with Gasteiger partial charge in [0.05, 0.1) is 0 Å². The number of hydrogen-bond donors (Lipinski definition) is 0. The van der Waals surface area contributed by atoms with Crippen molar-refractivity contribution in [3.8, 4) is 11.3 Å². The lowest BCUT2D eigenvalue weighted by atomic mass is 10.1. The summed E-state index contributed by atoms with van der Waals surface area (Å²) in [4.78, 5) is 0. The van der Waals surface area contributed by atoms with Crippen LogP contribution in [0.5, 0.6) is 0 Å². The van der Waals surface area contributed by atoms with Gasteiger partial charge in [0.1, 0.15) is 5.82 Å². The maximum atomic E-state index is 12.8. The highest BCUT2D eigenvalue weighted by molar-refractivity contribution is 5.60. The van der Waals surface area contributed by atoms with Crippen LogP contribution < -0.4 is 0 Å². The van der Waals surface area contributed by atoms with Crippen LogP contribution in [0.2, 0.25) is 0 Å². The van der Waals surface area contributed by atoms with E-state index >= 15 is 0 Å². The second-order valence-corrected chi connectivity index (χ2v) is 3.61. The van der Waals surface area contributed by atoms with Gasteiger partial charge in [0, 0.05) is 17.9 Å². The minimum atomic E-state index is -0.190. The fraction of sp³-hybridized carbons (Fsp3) is 0.231. The van der Waals surface area contributed by atoms with Gasteiger partial charge in [0.25, 0.3) is 0 Å². The van der Waals surface area contributed by atoms with E-state index in [1.54, 1.807) is 0 Å². The number of aromatic nitrogens is 1. The van der Waals surface area contributed by atoms with Gasteiger partial charge in [-0.05, 0) is 55.8 Å². The lowest BCUT2D eigenvalue weighted by molar-refractivity contribution is 0.628. The zero-order valence-corrected chi connectivity index (χ0v) is 9.00. The molecule has 1 aromatic heterocycles. The van der Waals surface area contributed by atoms with Crippen molar-refractivity contribution >= 4 is 0 Å². The third-order valence-electron chi connectivity index (χ3n) is 2.66. The molecule has 0 aliphatic rings. The van der Waals surface area contributed by atoms with E-state index in [2.05, 4.69) is 30.5 Å². The molecule has 0 aliphatic carbocycles. The fourth-order valence-corrected chi connectivity index (χ4v) is 1.86. The van der Waals surface area contributed by atoms with Gasteiger partial charge in [-0.15, -0.1) is 0 Å². The standard InChI is InChI=1S/C13H14FN/c1-3-15-10(2)4-9-13(15)11-5-7-12(14)8-6-11/h4-9H,3H2,1-2H3. The average molecular weight is 203 g/mol. The highest BCUT2D eigenvalue weighted by Gasteiger charge is 2.05. The second kappa shape index (κ2) is 3.89. The number of halogens is 1. The number of benzene rings is 1. The Bertz CT molecular complexity index is 454. The van der Waals surface area contributed by atoms with E-state index < -0.39 is 0 Å². The van der Waals surface area contributed by atoms with Crippen LogP contribution in [0, 0.1) is 12.7 Å². The Hall–Kier alpha value is -1.57. The molecule has 0 fully saturated rings. The minimum Gasteiger partial charge on any atom is -0.345 e. The Balaban J connectivity index is 2.49. The number of rotatable bonds is 2. The van der Waals surface area contributed by atoms with Crippen LogP contribution in [0.15, 0.2) is 36.4 Å². The molecule has 1 heterocycles. The maximum Gasteiger partial charge on any atom is 0.123 e. The van der Waals surface area contributed by atoms with Crippen LogP contribution in [0.3, 0.4) is 0 Å². The van der Waals surface area contributed by atoms with Crippen molar-refractivity contribution in [2.45, 2.75) is 20.4 Å². The summed E-state index contributed by atoms with van der Waals surface area (Å²) in [5.41, 5.74) is 3.44. The molecule has 2 heteroatoms. The molecule has 0 atom stereocenters. The molecule has 0 N–H and O–H groups in total. The molecule has 2 rings (SSSR count). The molecule has 0 radical (unpaired) electrons. The maximum absolute atomic E-state index is 12.8. The molecule has 0 saturated heterocycles. The van der Waals surface area contributed by atoms with Crippen molar-refractivity contribution in [2.75, 3.05) is 0 Å². The summed E-state index contributed by atoms with van der Waals surface area (Å²) in [7, 11) is 0. The number of hydrogen-bond acceptors (Lipinski definition) is 0. The van der Waals surface area contributed by atoms with Gasteiger partial charge in [0.2, 0.25) is 0 Å². The Morgan fingerprint density at radius 3 is 2.33 bits per heavy atom. The van der Waals surface area contributed by atoms with Gasteiger partial charge in [-0.1, -0.05) is 0 Å². The van der Waals surface area contributed by atoms with Gasteiger partial charge in [-0.25, -0.2) is 4.39 Å². The molecule has 78 valence electrons. The third kappa shape index (κ3) is 1.80. The van der Waals surface area contributed by atoms with E-state index in [4.69, 9.17) is 0 Å². The molecule has 0 aliphatic heterocycles. The molecule has 1 aromatic carbocycles. The molecule has 0 spiro atoms. The van der Waals surface area contributed by atoms with E-state index in [0.29, 0.717) is 0 Å². The van der Waals surface area contributed by atoms with Crippen LogP contribution >= 0.6 is 0 Å². The Labute approximate surface area is 89.2 Å². The fourth-order valence-electron chi connectivity index (χ4n) is 1.86. The predicted octanol–water partition coefficient (Wildman–Crippen LogP) is 3.62. The quantitative estimate of drug-likeness (QED) is 0.702. The Morgan fingerprint density at radius 1 is 1.07 bits per heavy atom. The van der Waals surface area contributed by atoms with E-state index in [0.717, 1.165) is 17.8 Å². The Kier molecular flexibility index (Phi) is 2.58. The number of aryl methyl sites for hydroxylation is 1. The molecule has 0 bridgehead atoms. The summed E-state index contributed by atoms with van der Waals surface area (Å²) >= 11 is 0. The Morgan fingerprint density at radius 2 is 1.73 bits per heavy atom. The van der Waals surface area contributed by atoms with Gasteiger partial charge >= 0.3 is 0 Å². The van der Waals surface area contributed by atoms with Crippen molar-refractivity contribution in [3.63, 3.8) is 0 Å². The van der Waals surface area contributed by atoms with Crippen molar-refractivity contribution in [1.82, 2.24) is 4.57 Å². The first kappa shape index (κ1) is 9.97. The normalized spacial score (nSPS) is 10.6. The number of nitrogens with zero attached hydrogens (tertiary/aromatic N) is 1. The lowest BCUT2D eigenvalue weighted by Crippen LogP contribution is -1.98. The van der Waals surface area contributed by atoms with E-state index in [1.165, 1.54) is 17.8 Å². The topological polar surface area (TPSA) is 4.93 Å². The lowest BCUT2D eigenvalue weighted by Gasteiger charge is -2.08. The third-order valence-corrected chi connectivity index (χ3v) is 2.66. The van der Waals surface area contributed by atoms with Crippen LogP contribution in [0.4, 0.5) is 4.39 Å². The summed E-state index contributed by atoms with van der Waals surface area (Å²) in [6, 6.07) is 10.8. The van der Waals surface area contributed by atoms with E-state index in [-0.39, 0.29) is 5.82 Å². The summed E-state index contributed by atoms with van der Waals surface area (Å²) < 4.78 is 15.0. The summed E-state index contributed by atoms with van der Waals surface area (Å²) in [5.74, 6) is -0.190. The zero-order valence-electron chi connectivity index (χ0n) is 9.00. The van der Waals surface area contributed by atoms with Crippen molar-refractivity contribution in [1.29, 1.82) is 0 Å². The van der Waals surface area contributed by atoms with Crippen molar-refractivity contribution in [2.24, 2.45) is 0 Å². The highest BCUT2D eigenvalue weighted by Crippen LogP contribution is 2.22. The van der Waals surface area contributed by atoms with Gasteiger partial charge in [-0.2, -0.15) is 0 Å². The second-order valence-electron chi connectivity index (χ2n) is 3.61. The largest absolute Gasteiger partial charge is 0.345 e. The van der Waals surface area contributed by atoms with Crippen molar-refractivity contribution in [3.05, 3.63) is 47.9 Å². The molecule has 0 unspecified atom stereocenters. The highest BCUT2D eigenvalue weighted by atomic mass is 19.1. The van der Waals surface area contributed by atoms with Crippen LogP contribution in [-0.4, -0.2) is 4.57 Å². The van der Waals surface area contributed by atoms with Crippen LogP contribution in [0.25, 0.3) is 11.3 Å². The van der Waals surface area contributed by atoms with E-state index in [1.807, 2.05) is 12.1 Å². The molecule has 0 saturated carbocycles.